The van der Waals surface area contributed by atoms with Crippen LogP contribution in [0.15, 0.2) is 79.1 Å². The summed E-state index contributed by atoms with van der Waals surface area (Å²) in [5.74, 6) is 0.918. The molecule has 5 aromatic rings. The lowest BCUT2D eigenvalue weighted by Crippen LogP contribution is -2.14. The quantitative estimate of drug-likeness (QED) is 0.373. The van der Waals surface area contributed by atoms with Crippen molar-refractivity contribution in [2.75, 3.05) is 0 Å². The summed E-state index contributed by atoms with van der Waals surface area (Å²) in [6.07, 6.45) is 3.72. The van der Waals surface area contributed by atoms with Gasteiger partial charge in [0.1, 0.15) is 5.82 Å². The van der Waals surface area contributed by atoms with Gasteiger partial charge in [-0.3, -0.25) is 9.55 Å². The van der Waals surface area contributed by atoms with E-state index < -0.39 is 0 Å². The molecule has 6 rings (SSSR count). The van der Waals surface area contributed by atoms with Crippen molar-refractivity contribution in [2.45, 2.75) is 19.3 Å². The molecule has 28 heavy (non-hydrogen) atoms. The molecule has 0 saturated heterocycles. The van der Waals surface area contributed by atoms with Crippen molar-refractivity contribution in [3.05, 3.63) is 90.3 Å². The Morgan fingerprint density at radius 1 is 0.714 bits per heavy atom. The molecule has 0 saturated carbocycles. The zero-order chi connectivity index (χ0) is 18.9. The summed E-state index contributed by atoms with van der Waals surface area (Å²) >= 11 is 0. The summed E-state index contributed by atoms with van der Waals surface area (Å²) in [7, 11) is 0. The zero-order valence-corrected chi connectivity index (χ0v) is 15.8. The number of fused-ring (bicyclic) bond motifs is 6. The van der Waals surface area contributed by atoms with Gasteiger partial charge in [0, 0.05) is 23.2 Å². The molecule has 3 heteroatoms. The van der Waals surface area contributed by atoms with Crippen LogP contribution in [0.5, 0.6) is 0 Å². The van der Waals surface area contributed by atoms with E-state index in [0.29, 0.717) is 0 Å². The minimum atomic E-state index is -0.0195. The van der Waals surface area contributed by atoms with E-state index in [1.165, 1.54) is 27.6 Å². The molecular formula is C25H19N3. The summed E-state index contributed by atoms with van der Waals surface area (Å²) in [6, 6.07) is 23.6. The SMILES string of the molecule is CC1(C)c2ccccc2-c2cc3c(cc21)c1ncccc1n3-c1ccccn1. The topological polar surface area (TPSA) is 30.7 Å². The Balaban J connectivity index is 1.80. The molecule has 0 atom stereocenters. The van der Waals surface area contributed by atoms with Crippen molar-refractivity contribution in [3.63, 3.8) is 0 Å². The van der Waals surface area contributed by atoms with Crippen LogP contribution in [0, 0.1) is 0 Å². The lowest BCUT2D eigenvalue weighted by molar-refractivity contribution is 0.661. The predicted molar refractivity (Wildman–Crippen MR) is 114 cm³/mol. The van der Waals surface area contributed by atoms with Crippen molar-refractivity contribution >= 4 is 21.9 Å². The van der Waals surface area contributed by atoms with E-state index in [9.17, 15) is 0 Å². The molecule has 134 valence electrons. The molecule has 3 nitrogen and oxygen atoms in total. The summed E-state index contributed by atoms with van der Waals surface area (Å²) in [5, 5.41) is 1.18. The van der Waals surface area contributed by atoms with Gasteiger partial charge in [0.2, 0.25) is 0 Å². The zero-order valence-electron chi connectivity index (χ0n) is 15.8. The fraction of sp³-hybridized carbons (Fsp3) is 0.120. The highest BCUT2D eigenvalue weighted by atomic mass is 15.1. The molecule has 0 spiro atoms. The molecule has 0 fully saturated rings. The van der Waals surface area contributed by atoms with E-state index in [4.69, 9.17) is 4.98 Å². The maximum absolute atomic E-state index is 4.73. The summed E-state index contributed by atoms with van der Waals surface area (Å²) in [6.45, 7) is 4.63. The Morgan fingerprint density at radius 3 is 2.39 bits per heavy atom. The lowest BCUT2D eigenvalue weighted by atomic mass is 9.82. The monoisotopic (exact) mass is 361 g/mol. The highest BCUT2D eigenvalue weighted by Crippen LogP contribution is 2.50. The molecule has 3 aromatic heterocycles. The van der Waals surface area contributed by atoms with Crippen LogP contribution in [0.1, 0.15) is 25.0 Å². The number of hydrogen-bond acceptors (Lipinski definition) is 2. The van der Waals surface area contributed by atoms with Crippen molar-refractivity contribution in [1.82, 2.24) is 14.5 Å². The number of pyridine rings is 2. The van der Waals surface area contributed by atoms with E-state index in [0.717, 1.165) is 22.4 Å². The molecule has 1 aliphatic rings. The Bertz CT molecular complexity index is 1380. The van der Waals surface area contributed by atoms with Gasteiger partial charge in [-0.25, -0.2) is 4.98 Å². The standard InChI is InChI=1S/C25H19N3/c1-25(2)19-9-4-3-8-16(19)17-15-22-18(14-20(17)25)24-21(10-7-13-27-24)28(22)23-11-5-6-12-26-23/h3-15H,1-2H3. The van der Waals surface area contributed by atoms with Gasteiger partial charge in [0.25, 0.3) is 0 Å². The van der Waals surface area contributed by atoms with E-state index >= 15 is 0 Å². The van der Waals surface area contributed by atoms with Gasteiger partial charge in [-0.05, 0) is 58.7 Å². The number of benzene rings is 2. The van der Waals surface area contributed by atoms with Crippen LogP contribution in [0.2, 0.25) is 0 Å². The second-order valence-electron chi connectivity index (χ2n) is 7.98. The third-order valence-electron chi connectivity index (χ3n) is 6.10. The highest BCUT2D eigenvalue weighted by molar-refractivity contribution is 6.09. The maximum Gasteiger partial charge on any atom is 0.137 e. The molecule has 3 heterocycles. The van der Waals surface area contributed by atoms with Crippen molar-refractivity contribution in [1.29, 1.82) is 0 Å². The second kappa shape index (κ2) is 5.29. The van der Waals surface area contributed by atoms with Crippen LogP contribution < -0.4 is 0 Å². The van der Waals surface area contributed by atoms with Crippen molar-refractivity contribution in [2.24, 2.45) is 0 Å². The normalized spacial score (nSPS) is 14.4. The van der Waals surface area contributed by atoms with Gasteiger partial charge in [-0.2, -0.15) is 0 Å². The van der Waals surface area contributed by atoms with Crippen LogP contribution in [0.3, 0.4) is 0 Å². The minimum absolute atomic E-state index is 0.0195. The van der Waals surface area contributed by atoms with Crippen molar-refractivity contribution in [3.8, 4) is 16.9 Å². The maximum atomic E-state index is 4.73. The number of nitrogens with zero attached hydrogens (tertiary/aromatic N) is 3. The first-order chi connectivity index (χ1) is 13.7. The molecule has 0 bridgehead atoms. The van der Waals surface area contributed by atoms with Gasteiger partial charge < -0.3 is 0 Å². The summed E-state index contributed by atoms with van der Waals surface area (Å²) in [4.78, 5) is 9.35. The third-order valence-corrected chi connectivity index (χ3v) is 6.10. The minimum Gasteiger partial charge on any atom is -0.292 e. The van der Waals surface area contributed by atoms with Gasteiger partial charge >= 0.3 is 0 Å². The third kappa shape index (κ3) is 1.88. The average molecular weight is 361 g/mol. The molecule has 1 aliphatic carbocycles. The summed E-state index contributed by atoms with van der Waals surface area (Å²) < 4.78 is 2.23. The van der Waals surface area contributed by atoms with E-state index in [1.807, 2.05) is 30.6 Å². The van der Waals surface area contributed by atoms with Gasteiger partial charge in [-0.1, -0.05) is 44.2 Å². The van der Waals surface area contributed by atoms with Crippen LogP contribution in [-0.4, -0.2) is 14.5 Å². The first kappa shape index (κ1) is 15.6. The Kier molecular flexibility index (Phi) is 2.95. The Labute approximate surface area is 163 Å². The van der Waals surface area contributed by atoms with Crippen molar-refractivity contribution < 1.29 is 0 Å². The lowest BCUT2D eigenvalue weighted by Gasteiger charge is -2.21. The van der Waals surface area contributed by atoms with E-state index in [2.05, 4.69) is 71.9 Å². The Morgan fingerprint density at radius 2 is 1.54 bits per heavy atom. The smallest absolute Gasteiger partial charge is 0.137 e. The van der Waals surface area contributed by atoms with Gasteiger partial charge in [0.05, 0.1) is 16.6 Å². The van der Waals surface area contributed by atoms with E-state index in [1.54, 1.807) is 0 Å². The van der Waals surface area contributed by atoms with Gasteiger partial charge in [0.15, 0.2) is 0 Å². The first-order valence-electron chi connectivity index (χ1n) is 9.61. The number of aromatic nitrogens is 3. The predicted octanol–water partition coefficient (Wildman–Crippen LogP) is 5.88. The molecule has 2 aromatic carbocycles. The first-order valence-corrected chi connectivity index (χ1v) is 9.61. The molecule has 0 radical (unpaired) electrons. The van der Waals surface area contributed by atoms with E-state index in [-0.39, 0.29) is 5.41 Å². The summed E-state index contributed by atoms with van der Waals surface area (Å²) in [5.41, 5.74) is 8.64. The fourth-order valence-corrected chi connectivity index (χ4v) is 4.76. The Hall–Kier alpha value is -3.46. The molecule has 0 unspecified atom stereocenters. The second-order valence-corrected chi connectivity index (χ2v) is 7.98. The molecular weight excluding hydrogens is 342 g/mol. The van der Waals surface area contributed by atoms with Crippen LogP contribution in [-0.2, 0) is 5.41 Å². The van der Waals surface area contributed by atoms with Crippen LogP contribution in [0.4, 0.5) is 0 Å². The van der Waals surface area contributed by atoms with Crippen LogP contribution >= 0.6 is 0 Å². The fourth-order valence-electron chi connectivity index (χ4n) is 4.76. The molecule has 0 aliphatic heterocycles. The molecule has 0 amide bonds. The molecule has 0 N–H and O–H groups in total. The number of hydrogen-bond donors (Lipinski definition) is 0. The van der Waals surface area contributed by atoms with Gasteiger partial charge in [-0.15, -0.1) is 0 Å². The van der Waals surface area contributed by atoms with Crippen LogP contribution in [0.25, 0.3) is 38.9 Å². The number of rotatable bonds is 1. The average Bonchev–Trinajstić information content (AvgIpc) is 3.17. The largest absolute Gasteiger partial charge is 0.292 e. The highest BCUT2D eigenvalue weighted by Gasteiger charge is 2.36.